The van der Waals surface area contributed by atoms with Crippen LogP contribution in [0.15, 0.2) is 18.2 Å². The number of aliphatic carboxylic acids is 1. The molecule has 1 aromatic carbocycles. The van der Waals surface area contributed by atoms with Gasteiger partial charge in [-0.25, -0.2) is 0 Å². The maximum Gasteiger partial charge on any atom is 0.308 e. The first-order chi connectivity index (χ1) is 9.41. The SMILES string of the molecule is Cc1cc(C(=O)N2CCC[C@@H](C(=O)O)[C@H]2C)ccc1Cl. The number of aryl methyl sites for hydroxylation is 1. The van der Waals surface area contributed by atoms with Crippen molar-refractivity contribution in [2.75, 3.05) is 6.54 Å². The van der Waals surface area contributed by atoms with Crippen LogP contribution < -0.4 is 0 Å². The number of piperidine rings is 1. The molecule has 0 unspecified atom stereocenters. The lowest BCUT2D eigenvalue weighted by Gasteiger charge is -2.37. The lowest BCUT2D eigenvalue weighted by molar-refractivity contribution is -0.144. The number of benzene rings is 1. The minimum absolute atomic E-state index is 0.122. The van der Waals surface area contributed by atoms with E-state index < -0.39 is 11.9 Å². The molecule has 0 bridgehead atoms. The molecule has 1 fully saturated rings. The highest BCUT2D eigenvalue weighted by molar-refractivity contribution is 6.31. The van der Waals surface area contributed by atoms with Gasteiger partial charge in [-0.15, -0.1) is 0 Å². The van der Waals surface area contributed by atoms with Crippen LogP contribution in [0.4, 0.5) is 0 Å². The van der Waals surface area contributed by atoms with E-state index in [-0.39, 0.29) is 11.9 Å². The molecular formula is C15H18ClNO3. The van der Waals surface area contributed by atoms with Gasteiger partial charge in [-0.3, -0.25) is 9.59 Å². The summed E-state index contributed by atoms with van der Waals surface area (Å²) >= 11 is 5.96. The summed E-state index contributed by atoms with van der Waals surface area (Å²) in [5, 5.41) is 9.83. The third-order valence-corrected chi connectivity index (χ3v) is 4.40. The van der Waals surface area contributed by atoms with Gasteiger partial charge in [-0.1, -0.05) is 11.6 Å². The van der Waals surface area contributed by atoms with E-state index in [9.17, 15) is 14.7 Å². The van der Waals surface area contributed by atoms with Crippen molar-refractivity contribution in [3.05, 3.63) is 34.3 Å². The fourth-order valence-electron chi connectivity index (χ4n) is 2.70. The van der Waals surface area contributed by atoms with Crippen LogP contribution in [0, 0.1) is 12.8 Å². The molecule has 1 N–H and O–H groups in total. The van der Waals surface area contributed by atoms with E-state index in [1.165, 1.54) is 0 Å². The van der Waals surface area contributed by atoms with Gasteiger partial charge in [0.15, 0.2) is 0 Å². The molecule has 108 valence electrons. The third-order valence-electron chi connectivity index (χ3n) is 3.97. The first kappa shape index (κ1) is 14.9. The number of hydrogen-bond donors (Lipinski definition) is 1. The van der Waals surface area contributed by atoms with Crippen molar-refractivity contribution in [1.29, 1.82) is 0 Å². The number of hydrogen-bond acceptors (Lipinski definition) is 2. The number of carboxylic acids is 1. The number of amides is 1. The number of halogens is 1. The van der Waals surface area contributed by atoms with Gasteiger partial charge in [0.25, 0.3) is 5.91 Å². The Morgan fingerprint density at radius 1 is 1.40 bits per heavy atom. The first-order valence-corrected chi connectivity index (χ1v) is 7.09. The second kappa shape index (κ2) is 5.83. The highest BCUT2D eigenvalue weighted by Crippen LogP contribution is 2.26. The van der Waals surface area contributed by atoms with E-state index in [0.717, 1.165) is 12.0 Å². The topological polar surface area (TPSA) is 57.6 Å². The van der Waals surface area contributed by atoms with Crippen LogP contribution >= 0.6 is 11.6 Å². The summed E-state index contributed by atoms with van der Waals surface area (Å²) in [4.78, 5) is 25.4. The molecule has 0 aliphatic carbocycles. The highest BCUT2D eigenvalue weighted by atomic mass is 35.5. The van der Waals surface area contributed by atoms with E-state index in [0.29, 0.717) is 23.6 Å². The first-order valence-electron chi connectivity index (χ1n) is 6.71. The molecule has 0 aromatic heterocycles. The van der Waals surface area contributed by atoms with Gasteiger partial charge in [0.2, 0.25) is 0 Å². The molecule has 0 radical (unpaired) electrons. The minimum atomic E-state index is -0.831. The van der Waals surface area contributed by atoms with Crippen LogP contribution in [0.3, 0.4) is 0 Å². The van der Waals surface area contributed by atoms with Crippen LogP contribution in [0.1, 0.15) is 35.7 Å². The quantitative estimate of drug-likeness (QED) is 0.912. The van der Waals surface area contributed by atoms with Crippen LogP contribution in [-0.2, 0) is 4.79 Å². The third kappa shape index (κ3) is 2.80. The van der Waals surface area contributed by atoms with Gasteiger partial charge in [0.1, 0.15) is 0 Å². The molecule has 5 heteroatoms. The number of carboxylic acid groups (broad SMARTS) is 1. The summed E-state index contributed by atoms with van der Waals surface area (Å²) in [5.41, 5.74) is 1.40. The van der Waals surface area contributed by atoms with Crippen molar-refractivity contribution < 1.29 is 14.7 Å². The molecule has 2 rings (SSSR count). The molecule has 4 nitrogen and oxygen atoms in total. The summed E-state index contributed by atoms with van der Waals surface area (Å²) in [6, 6.07) is 4.86. The van der Waals surface area contributed by atoms with Crippen LogP contribution in [0.5, 0.6) is 0 Å². The molecule has 1 amide bonds. The molecular weight excluding hydrogens is 278 g/mol. The van der Waals surface area contributed by atoms with Crippen molar-refractivity contribution in [2.45, 2.75) is 32.7 Å². The number of rotatable bonds is 2. The predicted octanol–water partition coefficient (Wildman–Crippen LogP) is 2.97. The van der Waals surface area contributed by atoms with Crippen molar-refractivity contribution >= 4 is 23.5 Å². The second-order valence-electron chi connectivity index (χ2n) is 5.29. The van der Waals surface area contributed by atoms with Crippen LogP contribution in [-0.4, -0.2) is 34.5 Å². The summed E-state index contributed by atoms with van der Waals surface area (Å²) in [7, 11) is 0. The molecule has 2 atom stereocenters. The normalized spacial score (nSPS) is 22.6. The van der Waals surface area contributed by atoms with E-state index in [1.807, 2.05) is 6.92 Å². The maximum absolute atomic E-state index is 12.5. The van der Waals surface area contributed by atoms with Gasteiger partial charge in [-0.2, -0.15) is 0 Å². The largest absolute Gasteiger partial charge is 0.481 e. The average Bonchev–Trinajstić information content (AvgIpc) is 2.41. The summed E-state index contributed by atoms with van der Waals surface area (Å²) in [6.07, 6.45) is 1.35. The van der Waals surface area contributed by atoms with Crippen molar-refractivity contribution in [3.63, 3.8) is 0 Å². The minimum Gasteiger partial charge on any atom is -0.481 e. The Labute approximate surface area is 123 Å². The molecule has 1 saturated heterocycles. The lowest BCUT2D eigenvalue weighted by Crippen LogP contribution is -2.49. The van der Waals surface area contributed by atoms with Crippen molar-refractivity contribution in [1.82, 2.24) is 4.90 Å². The molecule has 1 heterocycles. The molecule has 0 saturated carbocycles. The summed E-state index contributed by atoms with van der Waals surface area (Å²) in [6.45, 7) is 4.25. The molecule has 20 heavy (non-hydrogen) atoms. The maximum atomic E-state index is 12.5. The van der Waals surface area contributed by atoms with Gasteiger partial charge in [0, 0.05) is 23.2 Å². The Bertz CT molecular complexity index is 544. The van der Waals surface area contributed by atoms with E-state index >= 15 is 0 Å². The van der Waals surface area contributed by atoms with Gasteiger partial charge < -0.3 is 10.0 Å². The smallest absolute Gasteiger partial charge is 0.308 e. The molecule has 1 aromatic rings. The Morgan fingerprint density at radius 2 is 2.10 bits per heavy atom. The van der Waals surface area contributed by atoms with Crippen molar-refractivity contribution in [2.24, 2.45) is 5.92 Å². The average molecular weight is 296 g/mol. The zero-order valence-corrected chi connectivity index (χ0v) is 12.4. The number of carbonyl (C=O) groups excluding carboxylic acids is 1. The van der Waals surface area contributed by atoms with Gasteiger partial charge >= 0.3 is 5.97 Å². The number of carbonyl (C=O) groups is 2. The van der Waals surface area contributed by atoms with Gasteiger partial charge in [0.05, 0.1) is 5.92 Å². The van der Waals surface area contributed by atoms with Gasteiger partial charge in [-0.05, 0) is 50.5 Å². The van der Waals surface area contributed by atoms with E-state index in [4.69, 9.17) is 11.6 Å². The van der Waals surface area contributed by atoms with E-state index in [2.05, 4.69) is 0 Å². The molecule has 1 aliphatic rings. The predicted molar refractivity (Wildman–Crippen MR) is 77.0 cm³/mol. The second-order valence-corrected chi connectivity index (χ2v) is 5.70. The zero-order chi connectivity index (χ0) is 14.9. The van der Waals surface area contributed by atoms with Crippen LogP contribution in [0.2, 0.25) is 5.02 Å². The number of nitrogens with zero attached hydrogens (tertiary/aromatic N) is 1. The van der Waals surface area contributed by atoms with Crippen LogP contribution in [0.25, 0.3) is 0 Å². The highest BCUT2D eigenvalue weighted by Gasteiger charge is 2.35. The Morgan fingerprint density at radius 3 is 2.70 bits per heavy atom. The Balaban J connectivity index is 2.23. The molecule has 0 spiro atoms. The Kier molecular flexibility index (Phi) is 4.33. The fourth-order valence-corrected chi connectivity index (χ4v) is 2.82. The standard InChI is InChI=1S/C15H18ClNO3/c1-9-8-11(5-6-13(9)16)14(18)17-7-3-4-12(10(17)2)15(19)20/h5-6,8,10,12H,3-4,7H2,1-2H3,(H,19,20)/t10-,12-/m1/s1. The Hall–Kier alpha value is -1.55. The monoisotopic (exact) mass is 295 g/mol. The summed E-state index contributed by atoms with van der Waals surface area (Å²) < 4.78 is 0. The summed E-state index contributed by atoms with van der Waals surface area (Å²) in [5.74, 6) is -1.44. The van der Waals surface area contributed by atoms with E-state index in [1.54, 1.807) is 30.0 Å². The number of likely N-dealkylation sites (tertiary alicyclic amines) is 1. The zero-order valence-electron chi connectivity index (χ0n) is 11.6. The van der Waals surface area contributed by atoms with Crippen molar-refractivity contribution in [3.8, 4) is 0 Å². The fraction of sp³-hybridized carbons (Fsp3) is 0.467. The lowest BCUT2D eigenvalue weighted by atomic mass is 9.90. The molecule has 1 aliphatic heterocycles.